The molecule has 1 heterocycles. The van der Waals surface area contributed by atoms with E-state index in [1.807, 2.05) is 42.7 Å². The molecule has 0 aliphatic rings. The number of carbonyl (C=O) groups excluding carboxylic acids is 1. The zero-order valence-corrected chi connectivity index (χ0v) is 8.77. The van der Waals surface area contributed by atoms with E-state index in [0.717, 1.165) is 23.4 Å². The topological polar surface area (TPSA) is 34.9 Å². The number of imidazole rings is 1. The normalized spacial score (nSPS) is 10.3. The van der Waals surface area contributed by atoms with E-state index in [1.165, 1.54) is 0 Å². The van der Waals surface area contributed by atoms with E-state index in [-0.39, 0.29) is 0 Å². The monoisotopic (exact) mass is 200 g/mol. The first-order valence-electron chi connectivity index (χ1n) is 4.79. The third-order valence-corrected chi connectivity index (χ3v) is 2.44. The summed E-state index contributed by atoms with van der Waals surface area (Å²) in [7, 11) is 0. The predicted octanol–water partition coefficient (Wildman–Crippen LogP) is 2.30. The minimum atomic E-state index is 0.585. The van der Waals surface area contributed by atoms with E-state index in [9.17, 15) is 4.79 Å². The maximum absolute atomic E-state index is 10.9. The number of rotatable bonds is 2. The summed E-state index contributed by atoms with van der Waals surface area (Å²) >= 11 is 0. The van der Waals surface area contributed by atoms with Gasteiger partial charge in [-0.05, 0) is 25.5 Å². The number of hydrogen-bond donors (Lipinski definition) is 0. The Hall–Kier alpha value is -1.90. The maximum atomic E-state index is 10.9. The lowest BCUT2D eigenvalue weighted by Crippen LogP contribution is -2.03. The van der Waals surface area contributed by atoms with Gasteiger partial charge in [-0.2, -0.15) is 0 Å². The third-order valence-electron chi connectivity index (χ3n) is 2.44. The van der Waals surface area contributed by atoms with Crippen molar-refractivity contribution in [3.8, 4) is 5.69 Å². The van der Waals surface area contributed by atoms with Crippen molar-refractivity contribution >= 4 is 6.29 Å². The second kappa shape index (κ2) is 3.69. The summed E-state index contributed by atoms with van der Waals surface area (Å²) in [5.41, 5.74) is 2.72. The Bertz CT molecular complexity index is 500. The van der Waals surface area contributed by atoms with Crippen molar-refractivity contribution in [2.75, 3.05) is 0 Å². The maximum Gasteiger partial charge on any atom is 0.168 e. The highest BCUT2D eigenvalue weighted by Gasteiger charge is 2.08. The minimum Gasteiger partial charge on any atom is -0.296 e. The molecule has 0 fully saturated rings. The van der Waals surface area contributed by atoms with Gasteiger partial charge in [0.15, 0.2) is 6.29 Å². The lowest BCUT2D eigenvalue weighted by Gasteiger charge is -2.09. The number of nitrogens with zero attached hydrogens (tertiary/aromatic N) is 2. The molecule has 0 radical (unpaired) electrons. The molecule has 0 aliphatic heterocycles. The first-order valence-corrected chi connectivity index (χ1v) is 4.79. The van der Waals surface area contributed by atoms with Gasteiger partial charge in [-0.25, -0.2) is 4.98 Å². The lowest BCUT2D eigenvalue weighted by atomic mass is 10.2. The van der Waals surface area contributed by atoms with E-state index in [0.29, 0.717) is 5.69 Å². The largest absolute Gasteiger partial charge is 0.296 e. The fourth-order valence-corrected chi connectivity index (χ4v) is 1.67. The molecule has 0 amide bonds. The molecule has 3 heteroatoms. The highest BCUT2D eigenvalue weighted by atomic mass is 16.1. The van der Waals surface area contributed by atoms with Gasteiger partial charge in [0.25, 0.3) is 0 Å². The molecule has 0 saturated carbocycles. The molecule has 0 saturated heterocycles. The molecule has 2 rings (SSSR count). The smallest absolute Gasteiger partial charge is 0.168 e. The SMILES string of the molecule is Cc1ccccc1-n1c(C=O)cnc1C. The molecular weight excluding hydrogens is 188 g/mol. The summed E-state index contributed by atoms with van der Waals surface area (Å²) in [4.78, 5) is 15.0. The molecule has 0 unspecified atom stereocenters. The molecule has 0 N–H and O–H groups in total. The Morgan fingerprint density at radius 2 is 2.00 bits per heavy atom. The number of carbonyl (C=O) groups is 1. The van der Waals surface area contributed by atoms with Crippen LogP contribution in [0.2, 0.25) is 0 Å². The van der Waals surface area contributed by atoms with Gasteiger partial charge in [0.2, 0.25) is 0 Å². The average Bonchev–Trinajstić information content (AvgIpc) is 2.60. The van der Waals surface area contributed by atoms with Gasteiger partial charge in [0.1, 0.15) is 11.5 Å². The van der Waals surface area contributed by atoms with Crippen molar-refractivity contribution in [2.45, 2.75) is 13.8 Å². The summed E-state index contributed by atoms with van der Waals surface area (Å²) in [6.07, 6.45) is 2.42. The molecule has 0 spiro atoms. The number of aldehydes is 1. The highest BCUT2D eigenvalue weighted by Crippen LogP contribution is 2.17. The van der Waals surface area contributed by atoms with Crippen molar-refractivity contribution in [3.05, 3.63) is 47.5 Å². The summed E-state index contributed by atoms with van der Waals surface area (Å²) in [6, 6.07) is 7.93. The van der Waals surface area contributed by atoms with Crippen molar-refractivity contribution in [1.29, 1.82) is 0 Å². The summed E-state index contributed by atoms with van der Waals surface area (Å²) < 4.78 is 1.86. The van der Waals surface area contributed by atoms with Gasteiger partial charge in [0.05, 0.1) is 11.9 Å². The molecule has 0 aliphatic carbocycles. The number of hydrogen-bond acceptors (Lipinski definition) is 2. The van der Waals surface area contributed by atoms with Crippen LogP contribution in [0.3, 0.4) is 0 Å². The quantitative estimate of drug-likeness (QED) is 0.697. The first kappa shape index (κ1) is 9.65. The van der Waals surface area contributed by atoms with Crippen molar-refractivity contribution < 1.29 is 4.79 Å². The van der Waals surface area contributed by atoms with Crippen molar-refractivity contribution in [3.63, 3.8) is 0 Å². The predicted molar refractivity (Wildman–Crippen MR) is 58.4 cm³/mol. The van der Waals surface area contributed by atoms with Gasteiger partial charge in [-0.1, -0.05) is 18.2 Å². The van der Waals surface area contributed by atoms with Crippen LogP contribution in [0.25, 0.3) is 5.69 Å². The molecule has 1 aromatic carbocycles. The molecule has 15 heavy (non-hydrogen) atoms. The van der Waals surface area contributed by atoms with Crippen LogP contribution in [-0.4, -0.2) is 15.8 Å². The molecule has 1 aromatic heterocycles. The summed E-state index contributed by atoms with van der Waals surface area (Å²) in [6.45, 7) is 3.91. The van der Waals surface area contributed by atoms with Crippen LogP contribution in [0.15, 0.2) is 30.5 Å². The van der Waals surface area contributed by atoms with Gasteiger partial charge in [0, 0.05) is 0 Å². The van der Waals surface area contributed by atoms with E-state index >= 15 is 0 Å². The standard InChI is InChI=1S/C12H12N2O/c1-9-5-3-4-6-12(9)14-10(2)13-7-11(14)8-15/h3-8H,1-2H3. The lowest BCUT2D eigenvalue weighted by molar-refractivity contribution is 0.111. The van der Waals surface area contributed by atoms with E-state index in [4.69, 9.17) is 0 Å². The molecule has 3 nitrogen and oxygen atoms in total. The Morgan fingerprint density at radius 3 is 2.67 bits per heavy atom. The van der Waals surface area contributed by atoms with Crippen LogP contribution in [-0.2, 0) is 0 Å². The number of para-hydroxylation sites is 1. The Balaban J connectivity index is 2.68. The van der Waals surface area contributed by atoms with Crippen LogP contribution in [0, 0.1) is 13.8 Å². The zero-order chi connectivity index (χ0) is 10.8. The van der Waals surface area contributed by atoms with Crippen molar-refractivity contribution in [2.24, 2.45) is 0 Å². The van der Waals surface area contributed by atoms with Crippen LogP contribution >= 0.6 is 0 Å². The second-order valence-electron chi connectivity index (χ2n) is 3.47. The first-order chi connectivity index (χ1) is 7.24. The van der Waals surface area contributed by atoms with E-state index in [1.54, 1.807) is 6.20 Å². The number of benzene rings is 1. The van der Waals surface area contributed by atoms with Crippen LogP contribution < -0.4 is 0 Å². The minimum absolute atomic E-state index is 0.585. The molecular formula is C12H12N2O. The Labute approximate surface area is 88.4 Å². The number of aromatic nitrogens is 2. The molecule has 2 aromatic rings. The van der Waals surface area contributed by atoms with E-state index in [2.05, 4.69) is 4.98 Å². The Kier molecular flexibility index (Phi) is 2.37. The summed E-state index contributed by atoms with van der Waals surface area (Å²) in [5.74, 6) is 0.825. The van der Waals surface area contributed by atoms with Gasteiger partial charge < -0.3 is 0 Å². The van der Waals surface area contributed by atoms with E-state index < -0.39 is 0 Å². The average molecular weight is 200 g/mol. The molecule has 0 bridgehead atoms. The van der Waals surface area contributed by atoms with Crippen LogP contribution in [0.4, 0.5) is 0 Å². The Morgan fingerprint density at radius 1 is 1.27 bits per heavy atom. The molecule has 76 valence electrons. The zero-order valence-electron chi connectivity index (χ0n) is 8.77. The van der Waals surface area contributed by atoms with Gasteiger partial charge in [-0.3, -0.25) is 9.36 Å². The fraction of sp³-hybridized carbons (Fsp3) is 0.167. The summed E-state index contributed by atoms with van der Waals surface area (Å²) in [5, 5.41) is 0. The molecule has 0 atom stereocenters. The van der Waals surface area contributed by atoms with Gasteiger partial charge in [-0.15, -0.1) is 0 Å². The van der Waals surface area contributed by atoms with Crippen LogP contribution in [0.1, 0.15) is 21.9 Å². The fourth-order valence-electron chi connectivity index (χ4n) is 1.67. The van der Waals surface area contributed by atoms with Crippen molar-refractivity contribution in [1.82, 2.24) is 9.55 Å². The van der Waals surface area contributed by atoms with Gasteiger partial charge >= 0.3 is 0 Å². The number of aryl methyl sites for hydroxylation is 2. The third kappa shape index (κ3) is 1.56. The highest BCUT2D eigenvalue weighted by molar-refractivity contribution is 5.73. The second-order valence-corrected chi connectivity index (χ2v) is 3.47. The van der Waals surface area contributed by atoms with Crippen LogP contribution in [0.5, 0.6) is 0 Å².